The van der Waals surface area contributed by atoms with Crippen LogP contribution in [0.15, 0.2) is 69.6 Å². The number of rotatable bonds is 5. The normalized spacial score (nSPS) is 13.7. The number of aromatic nitrogens is 3. The number of hydrogen-bond acceptors (Lipinski definition) is 7. The second kappa shape index (κ2) is 7.49. The third-order valence-corrected chi connectivity index (χ3v) is 4.63. The summed E-state index contributed by atoms with van der Waals surface area (Å²) < 4.78 is 5.57. The number of carbonyl (C=O) groups is 1. The highest BCUT2D eigenvalue weighted by molar-refractivity contribution is 7.99. The molecule has 1 aliphatic rings. The number of benzene rings is 1. The fraction of sp³-hybridized carbons (Fsp3) is 0.167. The van der Waals surface area contributed by atoms with E-state index >= 15 is 0 Å². The first kappa shape index (κ1) is 16.5. The fourth-order valence-corrected chi connectivity index (χ4v) is 3.17. The summed E-state index contributed by atoms with van der Waals surface area (Å²) in [5.41, 5.74) is 2.73. The Morgan fingerprint density at radius 3 is 2.77 bits per heavy atom. The van der Waals surface area contributed by atoms with E-state index in [0.29, 0.717) is 17.7 Å². The molecule has 7 nitrogen and oxygen atoms in total. The summed E-state index contributed by atoms with van der Waals surface area (Å²) in [5.74, 6) is 0.501. The zero-order valence-electron chi connectivity index (χ0n) is 13.8. The van der Waals surface area contributed by atoms with Crippen molar-refractivity contribution in [1.29, 1.82) is 0 Å². The molecule has 0 saturated carbocycles. The first-order chi connectivity index (χ1) is 12.8. The minimum absolute atomic E-state index is 0.0814. The van der Waals surface area contributed by atoms with E-state index in [0.717, 1.165) is 23.3 Å². The Bertz CT molecular complexity index is 927. The molecule has 26 heavy (non-hydrogen) atoms. The minimum atomic E-state index is -0.0814. The Kier molecular flexibility index (Phi) is 4.74. The first-order valence-electron chi connectivity index (χ1n) is 8.09. The van der Waals surface area contributed by atoms with Crippen LogP contribution in [0.25, 0.3) is 11.5 Å². The Labute approximate surface area is 154 Å². The maximum atomic E-state index is 12.4. The van der Waals surface area contributed by atoms with Crippen molar-refractivity contribution in [3.63, 3.8) is 0 Å². The van der Waals surface area contributed by atoms with Gasteiger partial charge in [-0.15, -0.1) is 10.2 Å². The van der Waals surface area contributed by atoms with E-state index in [9.17, 15) is 4.79 Å². The minimum Gasteiger partial charge on any atom is -0.411 e. The zero-order chi connectivity index (χ0) is 17.8. The van der Waals surface area contributed by atoms with Crippen molar-refractivity contribution in [1.82, 2.24) is 20.2 Å². The molecule has 0 N–H and O–H groups in total. The molecule has 0 saturated heterocycles. The van der Waals surface area contributed by atoms with Gasteiger partial charge >= 0.3 is 0 Å². The van der Waals surface area contributed by atoms with Crippen molar-refractivity contribution >= 4 is 23.4 Å². The van der Waals surface area contributed by atoms with Gasteiger partial charge in [0.1, 0.15) is 0 Å². The summed E-state index contributed by atoms with van der Waals surface area (Å²) in [5, 5.41) is 14.2. The predicted octanol–water partition coefficient (Wildman–Crippen LogP) is 2.86. The van der Waals surface area contributed by atoms with Gasteiger partial charge in [0.05, 0.1) is 23.6 Å². The van der Waals surface area contributed by atoms with E-state index in [4.69, 9.17) is 4.42 Å². The molecule has 1 amide bonds. The zero-order valence-corrected chi connectivity index (χ0v) is 14.6. The van der Waals surface area contributed by atoms with Crippen LogP contribution < -0.4 is 0 Å². The lowest BCUT2D eigenvalue weighted by Gasteiger charge is -2.09. The molecule has 0 unspecified atom stereocenters. The Balaban J connectivity index is 1.36. The highest BCUT2D eigenvalue weighted by Gasteiger charge is 2.22. The van der Waals surface area contributed by atoms with Crippen LogP contribution in [0.2, 0.25) is 0 Å². The number of amides is 1. The van der Waals surface area contributed by atoms with Crippen LogP contribution >= 0.6 is 11.8 Å². The summed E-state index contributed by atoms with van der Waals surface area (Å²) in [7, 11) is 0. The molecule has 130 valence electrons. The molecule has 0 radical (unpaired) electrons. The second-order valence-electron chi connectivity index (χ2n) is 5.58. The van der Waals surface area contributed by atoms with E-state index in [-0.39, 0.29) is 11.7 Å². The Hall–Kier alpha value is -3.00. The van der Waals surface area contributed by atoms with Crippen LogP contribution in [0.3, 0.4) is 0 Å². The van der Waals surface area contributed by atoms with Gasteiger partial charge in [-0.2, -0.15) is 5.10 Å². The number of nitrogens with zero attached hydrogens (tertiary/aromatic N) is 5. The van der Waals surface area contributed by atoms with Gasteiger partial charge in [-0.1, -0.05) is 42.1 Å². The van der Waals surface area contributed by atoms with Gasteiger partial charge in [-0.3, -0.25) is 9.78 Å². The van der Waals surface area contributed by atoms with Gasteiger partial charge < -0.3 is 4.42 Å². The maximum absolute atomic E-state index is 12.4. The monoisotopic (exact) mass is 365 g/mol. The van der Waals surface area contributed by atoms with Crippen molar-refractivity contribution < 1.29 is 9.21 Å². The van der Waals surface area contributed by atoms with E-state index in [1.165, 1.54) is 16.8 Å². The highest BCUT2D eigenvalue weighted by atomic mass is 32.2. The van der Waals surface area contributed by atoms with Gasteiger partial charge in [0, 0.05) is 18.8 Å². The van der Waals surface area contributed by atoms with E-state index in [1.807, 2.05) is 36.4 Å². The van der Waals surface area contributed by atoms with Crippen molar-refractivity contribution in [3.05, 3.63) is 60.4 Å². The Morgan fingerprint density at radius 1 is 1.12 bits per heavy atom. The van der Waals surface area contributed by atoms with E-state index in [2.05, 4.69) is 20.3 Å². The third-order valence-electron chi connectivity index (χ3n) is 3.83. The number of thioether (sulfide) groups is 1. The van der Waals surface area contributed by atoms with Crippen LogP contribution in [0.1, 0.15) is 12.0 Å². The fourth-order valence-electron chi connectivity index (χ4n) is 2.54. The molecule has 1 aliphatic heterocycles. The molecule has 0 fully saturated rings. The molecular weight excluding hydrogens is 350 g/mol. The summed E-state index contributed by atoms with van der Waals surface area (Å²) in [6.07, 6.45) is 4.08. The molecule has 0 bridgehead atoms. The van der Waals surface area contributed by atoms with Crippen LogP contribution in [-0.4, -0.2) is 44.1 Å². The Morgan fingerprint density at radius 2 is 1.96 bits per heavy atom. The van der Waals surface area contributed by atoms with Crippen LogP contribution in [-0.2, 0) is 4.79 Å². The molecular formula is C18H15N5O2S. The van der Waals surface area contributed by atoms with Gasteiger partial charge in [0.15, 0.2) is 0 Å². The second-order valence-corrected chi connectivity index (χ2v) is 6.51. The third kappa shape index (κ3) is 3.65. The van der Waals surface area contributed by atoms with Crippen molar-refractivity contribution in [2.24, 2.45) is 5.10 Å². The van der Waals surface area contributed by atoms with Crippen LogP contribution in [0, 0.1) is 0 Å². The van der Waals surface area contributed by atoms with Crippen molar-refractivity contribution in [3.8, 4) is 11.5 Å². The molecule has 8 heteroatoms. The predicted molar refractivity (Wildman–Crippen MR) is 97.6 cm³/mol. The summed E-state index contributed by atoms with van der Waals surface area (Å²) in [6, 6.07) is 13.5. The van der Waals surface area contributed by atoms with Gasteiger partial charge in [0.2, 0.25) is 5.89 Å². The molecule has 0 aliphatic carbocycles. The standard InChI is InChI=1S/C18H15N5O2S/c24-16(23-10-8-15(22-23)13-5-2-1-3-6-13)12-26-18-21-20-17(25-18)14-7-4-9-19-11-14/h1-7,9,11H,8,10,12H2. The van der Waals surface area contributed by atoms with Crippen LogP contribution in [0.4, 0.5) is 0 Å². The number of hydrogen-bond donors (Lipinski definition) is 0. The van der Waals surface area contributed by atoms with E-state index < -0.39 is 0 Å². The molecule has 3 aromatic rings. The first-order valence-corrected chi connectivity index (χ1v) is 9.08. The van der Waals surface area contributed by atoms with Crippen molar-refractivity contribution in [2.45, 2.75) is 11.6 Å². The molecule has 4 rings (SSSR count). The lowest BCUT2D eigenvalue weighted by molar-refractivity contribution is -0.127. The number of pyridine rings is 1. The average molecular weight is 365 g/mol. The largest absolute Gasteiger partial charge is 0.411 e. The van der Waals surface area contributed by atoms with E-state index in [1.54, 1.807) is 18.5 Å². The SMILES string of the molecule is O=C(CSc1nnc(-c2cccnc2)o1)N1CCC(c2ccccc2)=N1. The lowest BCUT2D eigenvalue weighted by atomic mass is 10.1. The smallest absolute Gasteiger partial charge is 0.277 e. The van der Waals surface area contributed by atoms with Gasteiger partial charge in [-0.25, -0.2) is 5.01 Å². The molecule has 0 atom stereocenters. The summed E-state index contributed by atoms with van der Waals surface area (Å²) >= 11 is 1.21. The lowest BCUT2D eigenvalue weighted by Crippen LogP contribution is -2.25. The highest BCUT2D eigenvalue weighted by Crippen LogP contribution is 2.23. The number of hydrazone groups is 1. The molecule has 3 heterocycles. The number of carbonyl (C=O) groups excluding carboxylic acids is 1. The maximum Gasteiger partial charge on any atom is 0.277 e. The molecule has 0 spiro atoms. The molecule has 1 aromatic carbocycles. The quantitative estimate of drug-likeness (QED) is 0.647. The topological polar surface area (TPSA) is 84.5 Å². The molecule has 2 aromatic heterocycles. The average Bonchev–Trinajstić information content (AvgIpc) is 3.37. The van der Waals surface area contributed by atoms with Crippen LogP contribution in [0.5, 0.6) is 0 Å². The van der Waals surface area contributed by atoms with Gasteiger partial charge in [-0.05, 0) is 17.7 Å². The van der Waals surface area contributed by atoms with Gasteiger partial charge in [0.25, 0.3) is 11.1 Å². The summed E-state index contributed by atoms with van der Waals surface area (Å²) in [4.78, 5) is 16.4. The summed E-state index contributed by atoms with van der Waals surface area (Å²) in [6.45, 7) is 0.592. The van der Waals surface area contributed by atoms with Crippen molar-refractivity contribution in [2.75, 3.05) is 12.3 Å².